The zero-order valence-corrected chi connectivity index (χ0v) is 6.09. The van der Waals surface area contributed by atoms with Gasteiger partial charge in [-0.1, -0.05) is 0 Å². The summed E-state index contributed by atoms with van der Waals surface area (Å²) in [5.74, 6) is 5.40. The number of nitrogens with zero attached hydrogens (tertiary/aromatic N) is 1. The third kappa shape index (κ3) is 1.65. The van der Waals surface area contributed by atoms with Crippen molar-refractivity contribution in [1.29, 1.82) is 0 Å². The Bertz CT molecular complexity index is 110. The van der Waals surface area contributed by atoms with E-state index in [1.165, 1.54) is 5.01 Å². The zero-order chi connectivity index (χ0) is 7.56. The number of hydrazine groups is 1. The molecule has 1 fully saturated rings. The Kier molecular flexibility index (Phi) is 2.59. The third-order valence-electron chi connectivity index (χ3n) is 1.78. The van der Waals surface area contributed by atoms with E-state index in [0.717, 1.165) is 0 Å². The van der Waals surface area contributed by atoms with Crippen LogP contribution in [0.15, 0.2) is 0 Å². The van der Waals surface area contributed by atoms with E-state index < -0.39 is 6.17 Å². The van der Waals surface area contributed by atoms with Crippen molar-refractivity contribution in [2.45, 2.75) is 18.6 Å². The van der Waals surface area contributed by atoms with Crippen LogP contribution in [0.4, 0.5) is 4.39 Å². The highest BCUT2D eigenvalue weighted by Crippen LogP contribution is 2.13. The number of nitrogens with two attached hydrogens (primary N) is 1. The van der Waals surface area contributed by atoms with Gasteiger partial charge in [0.25, 0.3) is 0 Å². The molecule has 0 aromatic carbocycles. The summed E-state index contributed by atoms with van der Waals surface area (Å²) in [5.41, 5.74) is 0. The highest BCUT2D eigenvalue weighted by atomic mass is 19.1. The lowest BCUT2D eigenvalue weighted by Crippen LogP contribution is -2.48. The molecule has 2 unspecified atom stereocenters. The molecule has 0 saturated carbocycles. The fourth-order valence-corrected chi connectivity index (χ4v) is 1.15. The van der Waals surface area contributed by atoms with Crippen molar-refractivity contribution in [3.8, 4) is 0 Å². The highest BCUT2D eigenvalue weighted by molar-refractivity contribution is 4.77. The Labute approximate surface area is 59.9 Å². The Balaban J connectivity index is 2.40. The van der Waals surface area contributed by atoms with Gasteiger partial charge in [-0.2, -0.15) is 0 Å². The maximum atomic E-state index is 12.9. The van der Waals surface area contributed by atoms with Crippen LogP contribution in [0.1, 0.15) is 6.42 Å². The van der Waals surface area contributed by atoms with Gasteiger partial charge in [-0.25, -0.2) is 9.40 Å². The van der Waals surface area contributed by atoms with Crippen molar-refractivity contribution in [3.63, 3.8) is 0 Å². The summed E-state index contributed by atoms with van der Waals surface area (Å²) < 4.78 is 17.8. The number of hydrogen-bond acceptors (Lipinski definition) is 3. The second kappa shape index (κ2) is 3.27. The van der Waals surface area contributed by atoms with Crippen molar-refractivity contribution in [3.05, 3.63) is 0 Å². The summed E-state index contributed by atoms with van der Waals surface area (Å²) in [4.78, 5) is 0. The summed E-state index contributed by atoms with van der Waals surface area (Å²) in [5, 5.41) is 1.42. The van der Waals surface area contributed by atoms with Gasteiger partial charge < -0.3 is 4.74 Å². The van der Waals surface area contributed by atoms with Crippen LogP contribution in [0.3, 0.4) is 0 Å². The van der Waals surface area contributed by atoms with Crippen LogP contribution in [0, 0.1) is 0 Å². The second-order valence-corrected chi connectivity index (χ2v) is 2.61. The molecule has 0 aromatic heterocycles. The maximum absolute atomic E-state index is 12.9. The molecule has 2 atom stereocenters. The molecule has 1 aliphatic rings. The number of ether oxygens (including phenoxy) is 1. The fraction of sp³-hybridized carbons (Fsp3) is 1.00. The van der Waals surface area contributed by atoms with Gasteiger partial charge in [-0.15, -0.1) is 0 Å². The zero-order valence-electron chi connectivity index (χ0n) is 6.09. The lowest BCUT2D eigenvalue weighted by Gasteiger charge is -2.30. The molecule has 1 aliphatic heterocycles. The lowest BCUT2D eigenvalue weighted by atomic mass is 10.1. The number of hydrogen-bond donors (Lipinski definition) is 1. The smallest absolute Gasteiger partial charge is 0.140 e. The SMILES string of the molecule is CN(N)C1CCOCC1F. The Morgan fingerprint density at radius 3 is 2.80 bits per heavy atom. The third-order valence-corrected chi connectivity index (χ3v) is 1.78. The largest absolute Gasteiger partial charge is 0.378 e. The van der Waals surface area contributed by atoms with Gasteiger partial charge in [0, 0.05) is 13.7 Å². The quantitative estimate of drug-likeness (QED) is 0.417. The van der Waals surface area contributed by atoms with Crippen LogP contribution in [0.2, 0.25) is 0 Å². The number of alkyl halides is 1. The van der Waals surface area contributed by atoms with E-state index >= 15 is 0 Å². The van der Waals surface area contributed by atoms with Crippen LogP contribution in [0.25, 0.3) is 0 Å². The predicted molar refractivity (Wildman–Crippen MR) is 36.1 cm³/mol. The van der Waals surface area contributed by atoms with E-state index in [0.29, 0.717) is 13.0 Å². The van der Waals surface area contributed by atoms with Gasteiger partial charge >= 0.3 is 0 Å². The van der Waals surface area contributed by atoms with Crippen LogP contribution in [-0.4, -0.2) is 37.5 Å². The van der Waals surface area contributed by atoms with Crippen molar-refractivity contribution in [2.24, 2.45) is 5.84 Å². The van der Waals surface area contributed by atoms with Crippen LogP contribution in [0.5, 0.6) is 0 Å². The van der Waals surface area contributed by atoms with Crippen LogP contribution in [-0.2, 0) is 4.74 Å². The molecule has 0 aromatic rings. The van der Waals surface area contributed by atoms with Gasteiger partial charge in [0.2, 0.25) is 0 Å². The first kappa shape index (κ1) is 7.91. The van der Waals surface area contributed by atoms with E-state index in [4.69, 9.17) is 10.6 Å². The molecule has 0 amide bonds. The average Bonchev–Trinajstić information content (AvgIpc) is 1.88. The van der Waals surface area contributed by atoms with E-state index in [1.807, 2.05) is 0 Å². The molecule has 2 N–H and O–H groups in total. The first-order valence-electron chi connectivity index (χ1n) is 3.41. The topological polar surface area (TPSA) is 38.5 Å². The molecular formula is C6H13FN2O. The lowest BCUT2D eigenvalue weighted by molar-refractivity contribution is -0.0208. The van der Waals surface area contributed by atoms with Crippen LogP contribution >= 0.6 is 0 Å². The van der Waals surface area contributed by atoms with Gasteiger partial charge in [-0.05, 0) is 6.42 Å². The number of rotatable bonds is 1. The molecule has 4 heteroatoms. The first-order chi connectivity index (χ1) is 4.72. The summed E-state index contributed by atoms with van der Waals surface area (Å²) in [6.45, 7) is 0.804. The van der Waals surface area contributed by atoms with Crippen molar-refractivity contribution in [1.82, 2.24) is 5.01 Å². The highest BCUT2D eigenvalue weighted by Gasteiger charge is 2.27. The van der Waals surface area contributed by atoms with Crippen molar-refractivity contribution >= 4 is 0 Å². The molecule has 0 radical (unpaired) electrons. The van der Waals surface area contributed by atoms with E-state index in [9.17, 15) is 4.39 Å². The minimum Gasteiger partial charge on any atom is -0.378 e. The molecule has 10 heavy (non-hydrogen) atoms. The molecule has 0 aliphatic carbocycles. The summed E-state index contributed by atoms with van der Waals surface area (Å²) in [7, 11) is 1.68. The normalized spacial score (nSPS) is 34.8. The molecule has 0 spiro atoms. The summed E-state index contributed by atoms with van der Waals surface area (Å²) >= 11 is 0. The minimum atomic E-state index is -0.927. The Morgan fingerprint density at radius 2 is 2.40 bits per heavy atom. The molecule has 1 saturated heterocycles. The van der Waals surface area contributed by atoms with Gasteiger partial charge in [0.1, 0.15) is 6.17 Å². The maximum Gasteiger partial charge on any atom is 0.140 e. The van der Waals surface area contributed by atoms with E-state index in [2.05, 4.69) is 0 Å². The van der Waals surface area contributed by atoms with Gasteiger partial charge in [-0.3, -0.25) is 5.84 Å². The Morgan fingerprint density at radius 1 is 1.70 bits per heavy atom. The fourth-order valence-electron chi connectivity index (χ4n) is 1.15. The molecule has 60 valence electrons. The Hall–Kier alpha value is -0.190. The van der Waals surface area contributed by atoms with Gasteiger partial charge in [0.15, 0.2) is 0 Å². The van der Waals surface area contributed by atoms with Crippen LogP contribution < -0.4 is 5.84 Å². The van der Waals surface area contributed by atoms with Crippen molar-refractivity contribution in [2.75, 3.05) is 20.3 Å². The molecular weight excluding hydrogens is 135 g/mol. The van der Waals surface area contributed by atoms with E-state index in [-0.39, 0.29) is 12.6 Å². The molecule has 0 bridgehead atoms. The number of halogens is 1. The van der Waals surface area contributed by atoms with Gasteiger partial charge in [0.05, 0.1) is 12.6 Å². The molecule has 3 nitrogen and oxygen atoms in total. The second-order valence-electron chi connectivity index (χ2n) is 2.61. The predicted octanol–water partition coefficient (Wildman–Crippen LogP) is -0.0811. The van der Waals surface area contributed by atoms with E-state index in [1.54, 1.807) is 7.05 Å². The molecule has 1 rings (SSSR count). The first-order valence-corrected chi connectivity index (χ1v) is 3.41. The minimum absolute atomic E-state index is 0.159. The summed E-state index contributed by atoms with van der Waals surface area (Å²) in [6.07, 6.45) is -0.238. The summed E-state index contributed by atoms with van der Waals surface area (Å²) in [6, 6.07) is -0.159. The monoisotopic (exact) mass is 148 g/mol. The standard InChI is InChI=1S/C6H13FN2O/c1-9(8)6-2-3-10-4-5(6)7/h5-6H,2-4,8H2,1H3. The van der Waals surface area contributed by atoms with Crippen molar-refractivity contribution < 1.29 is 9.13 Å². The average molecular weight is 148 g/mol. The molecule has 1 heterocycles.